The molecule has 9 nitrogen and oxygen atoms in total. The zero-order valence-electron chi connectivity index (χ0n) is 18.8. The Hall–Kier alpha value is -4.79. The Kier molecular flexibility index (Phi) is 6.41. The molecule has 0 saturated heterocycles. The van der Waals surface area contributed by atoms with Gasteiger partial charge >= 0.3 is 11.9 Å². The lowest BCUT2D eigenvalue weighted by Crippen LogP contribution is -2.29. The van der Waals surface area contributed by atoms with E-state index in [2.05, 4.69) is 0 Å². The third kappa shape index (κ3) is 4.79. The van der Waals surface area contributed by atoms with Gasteiger partial charge in [-0.1, -0.05) is 0 Å². The van der Waals surface area contributed by atoms with E-state index >= 15 is 0 Å². The Bertz CT molecular complexity index is 1340. The molecule has 0 N–H and O–H groups in total. The minimum atomic E-state index is -0.819. The van der Waals surface area contributed by atoms with Crippen molar-refractivity contribution < 1.29 is 38.2 Å². The van der Waals surface area contributed by atoms with Crippen LogP contribution in [0.25, 0.3) is 0 Å². The van der Waals surface area contributed by atoms with Crippen LogP contribution in [-0.4, -0.2) is 43.3 Å². The van der Waals surface area contributed by atoms with Crippen molar-refractivity contribution in [1.82, 2.24) is 0 Å². The number of hydrogen-bond acceptors (Lipinski definition) is 8. The van der Waals surface area contributed by atoms with E-state index in [1.165, 1.54) is 56.5 Å². The highest BCUT2D eigenvalue weighted by molar-refractivity contribution is 6.34. The molecule has 176 valence electrons. The van der Waals surface area contributed by atoms with Gasteiger partial charge in [0.05, 0.1) is 29.5 Å². The van der Waals surface area contributed by atoms with E-state index in [-0.39, 0.29) is 28.0 Å². The molecule has 0 radical (unpaired) electrons. The topological polar surface area (TPSA) is 116 Å². The van der Waals surface area contributed by atoms with Gasteiger partial charge in [-0.05, 0) is 66.7 Å². The van der Waals surface area contributed by atoms with E-state index in [1.54, 1.807) is 24.3 Å². The van der Waals surface area contributed by atoms with Crippen LogP contribution in [0, 0.1) is 0 Å². The zero-order valence-corrected chi connectivity index (χ0v) is 18.8. The number of anilines is 1. The van der Waals surface area contributed by atoms with E-state index in [9.17, 15) is 24.0 Å². The SMILES string of the molecule is COc1ccc(N2C(=O)c3ccc(C(=O)OCC(=O)c4ccc(OC(C)=O)cc4)cc3C2=O)cc1. The Morgan fingerprint density at radius 2 is 1.37 bits per heavy atom. The van der Waals surface area contributed by atoms with Crippen LogP contribution in [0.1, 0.15) is 48.4 Å². The first-order valence-corrected chi connectivity index (χ1v) is 10.4. The van der Waals surface area contributed by atoms with E-state index in [4.69, 9.17) is 14.2 Å². The molecule has 1 aliphatic rings. The fraction of sp³-hybridized carbons (Fsp3) is 0.115. The number of amides is 2. The largest absolute Gasteiger partial charge is 0.497 e. The molecule has 0 aliphatic carbocycles. The quantitative estimate of drug-likeness (QED) is 0.222. The molecule has 0 spiro atoms. The lowest BCUT2D eigenvalue weighted by molar-refractivity contribution is -0.131. The van der Waals surface area contributed by atoms with Gasteiger partial charge in [0.2, 0.25) is 0 Å². The van der Waals surface area contributed by atoms with Crippen molar-refractivity contribution in [2.45, 2.75) is 6.92 Å². The van der Waals surface area contributed by atoms with Gasteiger partial charge < -0.3 is 14.2 Å². The van der Waals surface area contributed by atoms with Crippen LogP contribution >= 0.6 is 0 Å². The summed E-state index contributed by atoms with van der Waals surface area (Å²) in [6.07, 6.45) is 0. The highest BCUT2D eigenvalue weighted by atomic mass is 16.5. The number of rotatable bonds is 7. The summed E-state index contributed by atoms with van der Waals surface area (Å²) in [7, 11) is 1.51. The molecule has 35 heavy (non-hydrogen) atoms. The van der Waals surface area contributed by atoms with Crippen LogP contribution in [-0.2, 0) is 9.53 Å². The maximum atomic E-state index is 12.9. The van der Waals surface area contributed by atoms with E-state index < -0.39 is 36.1 Å². The number of carbonyl (C=O) groups excluding carboxylic acids is 5. The number of imide groups is 1. The molecule has 1 aliphatic heterocycles. The van der Waals surface area contributed by atoms with Crippen molar-refractivity contribution in [3.05, 3.63) is 89.0 Å². The third-order valence-corrected chi connectivity index (χ3v) is 5.23. The summed E-state index contributed by atoms with van der Waals surface area (Å²) in [6, 6.07) is 16.2. The number of esters is 2. The molecular weight excluding hydrogens is 454 g/mol. The molecule has 3 aromatic rings. The number of Topliss-reactive ketones (excluding diaryl/α,β-unsaturated/α-hetero) is 1. The monoisotopic (exact) mass is 473 g/mol. The summed E-state index contributed by atoms with van der Waals surface area (Å²) < 4.78 is 15.1. The van der Waals surface area contributed by atoms with Gasteiger partial charge in [-0.2, -0.15) is 0 Å². The standard InChI is InChI=1S/C26H19NO8/c1-15(28)35-20-8-3-16(4-9-20)23(29)14-34-26(32)17-5-12-21-22(13-17)25(31)27(24(21)30)18-6-10-19(33-2)11-7-18/h3-13H,14H2,1-2H3. The van der Waals surface area contributed by atoms with E-state index in [0.717, 1.165) is 4.90 Å². The molecule has 0 aromatic heterocycles. The van der Waals surface area contributed by atoms with Gasteiger partial charge in [0.15, 0.2) is 12.4 Å². The first-order chi connectivity index (χ1) is 16.8. The maximum Gasteiger partial charge on any atom is 0.338 e. The number of carbonyl (C=O) groups is 5. The van der Waals surface area contributed by atoms with Crippen molar-refractivity contribution in [3.8, 4) is 11.5 Å². The molecule has 0 bridgehead atoms. The van der Waals surface area contributed by atoms with Crippen LogP contribution in [0.4, 0.5) is 5.69 Å². The predicted molar refractivity (Wildman–Crippen MR) is 123 cm³/mol. The minimum absolute atomic E-state index is 0.0273. The summed E-state index contributed by atoms with van der Waals surface area (Å²) in [5.74, 6) is -2.00. The van der Waals surface area contributed by atoms with Gasteiger partial charge in [0.25, 0.3) is 11.8 Å². The van der Waals surface area contributed by atoms with Crippen LogP contribution in [0.3, 0.4) is 0 Å². The van der Waals surface area contributed by atoms with Crippen LogP contribution in [0.5, 0.6) is 11.5 Å². The van der Waals surface area contributed by atoms with Crippen molar-refractivity contribution in [3.63, 3.8) is 0 Å². The number of hydrogen-bond donors (Lipinski definition) is 0. The molecule has 9 heteroatoms. The number of benzene rings is 3. The van der Waals surface area contributed by atoms with Crippen molar-refractivity contribution >= 4 is 35.2 Å². The Labute approximate surface area is 199 Å². The highest BCUT2D eigenvalue weighted by Crippen LogP contribution is 2.30. The molecular formula is C26H19NO8. The Morgan fingerprint density at radius 1 is 0.771 bits per heavy atom. The Balaban J connectivity index is 1.44. The third-order valence-electron chi connectivity index (χ3n) is 5.23. The lowest BCUT2D eigenvalue weighted by Gasteiger charge is -2.14. The first kappa shape index (κ1) is 23.4. The summed E-state index contributed by atoms with van der Waals surface area (Å²) in [4.78, 5) is 62.5. The fourth-order valence-corrected chi connectivity index (χ4v) is 3.51. The van der Waals surface area contributed by atoms with Crippen LogP contribution in [0.15, 0.2) is 66.7 Å². The van der Waals surface area contributed by atoms with Gasteiger partial charge in [0.1, 0.15) is 11.5 Å². The van der Waals surface area contributed by atoms with E-state index in [0.29, 0.717) is 11.4 Å². The van der Waals surface area contributed by atoms with Crippen molar-refractivity contribution in [2.24, 2.45) is 0 Å². The van der Waals surface area contributed by atoms with Gasteiger partial charge in [-0.3, -0.25) is 19.2 Å². The molecule has 0 atom stereocenters. The lowest BCUT2D eigenvalue weighted by atomic mass is 10.1. The van der Waals surface area contributed by atoms with Crippen LogP contribution in [0.2, 0.25) is 0 Å². The molecule has 0 fully saturated rings. The number of fused-ring (bicyclic) bond motifs is 1. The van der Waals surface area contributed by atoms with Gasteiger partial charge in [-0.25, -0.2) is 9.69 Å². The maximum absolute atomic E-state index is 12.9. The number of nitrogens with zero attached hydrogens (tertiary/aromatic N) is 1. The summed E-state index contributed by atoms with van der Waals surface area (Å²) in [5.41, 5.74) is 0.878. The summed E-state index contributed by atoms with van der Waals surface area (Å²) in [5, 5.41) is 0. The zero-order chi connectivity index (χ0) is 25.1. The second-order valence-electron chi connectivity index (χ2n) is 7.52. The first-order valence-electron chi connectivity index (χ1n) is 10.4. The molecule has 0 saturated carbocycles. The molecule has 3 aromatic carbocycles. The second kappa shape index (κ2) is 9.60. The minimum Gasteiger partial charge on any atom is -0.497 e. The Morgan fingerprint density at radius 3 is 2.00 bits per heavy atom. The van der Waals surface area contributed by atoms with Crippen molar-refractivity contribution in [2.75, 3.05) is 18.6 Å². The molecule has 1 heterocycles. The van der Waals surface area contributed by atoms with Gasteiger partial charge in [-0.15, -0.1) is 0 Å². The fourth-order valence-electron chi connectivity index (χ4n) is 3.51. The molecule has 2 amide bonds. The average molecular weight is 473 g/mol. The average Bonchev–Trinajstić information content (AvgIpc) is 3.11. The van der Waals surface area contributed by atoms with Crippen molar-refractivity contribution in [1.29, 1.82) is 0 Å². The molecule has 0 unspecified atom stereocenters. The number of methoxy groups -OCH3 is 1. The smallest absolute Gasteiger partial charge is 0.338 e. The normalized spacial score (nSPS) is 12.2. The predicted octanol–water partition coefficient (Wildman–Crippen LogP) is 3.46. The molecule has 4 rings (SSSR count). The van der Waals surface area contributed by atoms with E-state index in [1.807, 2.05) is 0 Å². The summed E-state index contributed by atoms with van der Waals surface area (Å²) in [6.45, 7) is 0.727. The highest BCUT2D eigenvalue weighted by Gasteiger charge is 2.37. The summed E-state index contributed by atoms with van der Waals surface area (Å²) >= 11 is 0. The number of ether oxygens (including phenoxy) is 3. The second-order valence-corrected chi connectivity index (χ2v) is 7.52. The van der Waals surface area contributed by atoms with Crippen LogP contribution < -0.4 is 14.4 Å². The van der Waals surface area contributed by atoms with Gasteiger partial charge in [0, 0.05) is 12.5 Å². The number of ketones is 1.